The molecule has 0 spiro atoms. The highest BCUT2D eigenvalue weighted by atomic mass is 16.5. The van der Waals surface area contributed by atoms with Crippen LogP contribution in [-0.4, -0.2) is 16.2 Å². The molecule has 0 fully saturated rings. The number of aromatic nitrogens is 2. The lowest BCUT2D eigenvalue weighted by Crippen LogP contribution is -2.24. The number of hydrogen-bond donors (Lipinski definition) is 0. The van der Waals surface area contributed by atoms with Crippen molar-refractivity contribution in [3.8, 4) is 28.4 Å². The maximum atomic E-state index is 7.98. The Kier molecular flexibility index (Phi) is 6.81. The predicted molar refractivity (Wildman–Crippen MR) is 199 cm³/mol. The molecule has 6 nitrogen and oxygen atoms in total. The Hall–Kier alpha value is -6.84. The van der Waals surface area contributed by atoms with E-state index in [0.717, 1.165) is 61.5 Å². The van der Waals surface area contributed by atoms with Gasteiger partial charge in [0, 0.05) is 46.0 Å². The first-order valence-corrected chi connectivity index (χ1v) is 16.2. The Labute approximate surface area is 284 Å². The SMILES string of the molecule is [C-]#[N+]c1cc(Oc2ccc3c4ccccc4n(-c4ccccn4)c3c2)cc(N2CN(c3ccccc3)c3c(-c4ccccc4)cccc32)c1. The largest absolute Gasteiger partial charge is 0.459 e. The van der Waals surface area contributed by atoms with E-state index in [1.54, 1.807) is 6.07 Å². The molecule has 0 atom stereocenters. The van der Waals surface area contributed by atoms with Crippen molar-refractivity contribution in [1.29, 1.82) is 0 Å². The summed E-state index contributed by atoms with van der Waals surface area (Å²) in [4.78, 5) is 13.1. The molecule has 0 bridgehead atoms. The van der Waals surface area contributed by atoms with Crippen LogP contribution in [0.25, 0.3) is 43.6 Å². The number of anilines is 4. The number of rotatable bonds is 6. The molecule has 0 saturated heterocycles. The maximum Gasteiger partial charge on any atom is 0.192 e. The van der Waals surface area contributed by atoms with Crippen LogP contribution in [0.3, 0.4) is 0 Å². The molecule has 0 N–H and O–H groups in total. The van der Waals surface area contributed by atoms with Gasteiger partial charge in [0.1, 0.15) is 24.0 Å². The molecule has 0 saturated carbocycles. The van der Waals surface area contributed by atoms with E-state index in [2.05, 4.69) is 121 Å². The number of para-hydroxylation sites is 3. The molecule has 1 aliphatic rings. The summed E-state index contributed by atoms with van der Waals surface area (Å²) in [5, 5.41) is 2.27. The van der Waals surface area contributed by atoms with Crippen LogP contribution in [0.15, 0.2) is 164 Å². The zero-order valence-electron chi connectivity index (χ0n) is 26.4. The number of fused-ring (bicyclic) bond motifs is 4. The van der Waals surface area contributed by atoms with E-state index in [9.17, 15) is 0 Å². The summed E-state index contributed by atoms with van der Waals surface area (Å²) in [5.74, 6) is 2.12. The Morgan fingerprint density at radius 1 is 0.592 bits per heavy atom. The number of nitrogens with zero attached hydrogens (tertiary/aromatic N) is 5. The summed E-state index contributed by atoms with van der Waals surface area (Å²) in [6.07, 6.45) is 1.81. The van der Waals surface area contributed by atoms with E-state index in [1.807, 2.05) is 60.8 Å². The van der Waals surface area contributed by atoms with Crippen molar-refractivity contribution >= 4 is 50.2 Å². The third-order valence-corrected chi connectivity index (χ3v) is 9.09. The minimum absolute atomic E-state index is 0.509. The zero-order chi connectivity index (χ0) is 32.7. The smallest absolute Gasteiger partial charge is 0.192 e. The second kappa shape index (κ2) is 11.8. The average molecular weight is 632 g/mol. The van der Waals surface area contributed by atoms with Crippen molar-refractivity contribution in [2.45, 2.75) is 0 Å². The fourth-order valence-corrected chi connectivity index (χ4v) is 6.94. The van der Waals surface area contributed by atoms with Gasteiger partial charge < -0.3 is 14.5 Å². The summed E-state index contributed by atoms with van der Waals surface area (Å²) in [7, 11) is 0. The molecule has 1 aliphatic heterocycles. The van der Waals surface area contributed by atoms with Crippen LogP contribution in [0.5, 0.6) is 11.5 Å². The van der Waals surface area contributed by atoms with Crippen LogP contribution in [0.1, 0.15) is 0 Å². The first kappa shape index (κ1) is 28.4. The third-order valence-electron chi connectivity index (χ3n) is 9.09. The van der Waals surface area contributed by atoms with Crippen molar-refractivity contribution in [2.24, 2.45) is 0 Å². The lowest BCUT2D eigenvalue weighted by atomic mass is 10.0. The van der Waals surface area contributed by atoms with Gasteiger partial charge in [-0.25, -0.2) is 9.83 Å². The van der Waals surface area contributed by atoms with Crippen molar-refractivity contribution in [1.82, 2.24) is 9.55 Å². The highest BCUT2D eigenvalue weighted by Crippen LogP contribution is 2.50. The molecule has 2 aromatic heterocycles. The normalized spacial score (nSPS) is 12.3. The van der Waals surface area contributed by atoms with E-state index < -0.39 is 0 Å². The van der Waals surface area contributed by atoms with Crippen molar-refractivity contribution in [3.05, 3.63) is 175 Å². The topological polar surface area (TPSA) is 37.9 Å². The number of benzene rings is 6. The first-order chi connectivity index (χ1) is 24.2. The Morgan fingerprint density at radius 2 is 1.37 bits per heavy atom. The molecular weight excluding hydrogens is 603 g/mol. The van der Waals surface area contributed by atoms with Gasteiger partial charge in [0.05, 0.1) is 29.0 Å². The van der Waals surface area contributed by atoms with Crippen molar-refractivity contribution < 1.29 is 4.74 Å². The average Bonchev–Trinajstić information content (AvgIpc) is 3.72. The summed E-state index contributed by atoms with van der Waals surface area (Å²) >= 11 is 0. The van der Waals surface area contributed by atoms with Crippen LogP contribution >= 0.6 is 0 Å². The Bertz CT molecular complexity index is 2520. The van der Waals surface area contributed by atoms with Gasteiger partial charge in [0.15, 0.2) is 5.69 Å². The van der Waals surface area contributed by atoms with E-state index in [4.69, 9.17) is 11.3 Å². The van der Waals surface area contributed by atoms with E-state index in [0.29, 0.717) is 23.9 Å². The minimum Gasteiger partial charge on any atom is -0.459 e. The van der Waals surface area contributed by atoms with E-state index in [-0.39, 0.29) is 0 Å². The lowest BCUT2D eigenvalue weighted by Gasteiger charge is -2.23. The van der Waals surface area contributed by atoms with Gasteiger partial charge in [-0.05, 0) is 66.2 Å². The molecule has 0 amide bonds. The van der Waals surface area contributed by atoms with Gasteiger partial charge in [-0.15, -0.1) is 0 Å². The molecule has 6 aromatic carbocycles. The predicted octanol–water partition coefficient (Wildman–Crippen LogP) is 11.4. The highest BCUT2D eigenvalue weighted by molar-refractivity contribution is 6.09. The molecule has 0 radical (unpaired) electrons. The minimum atomic E-state index is 0.509. The van der Waals surface area contributed by atoms with Gasteiger partial charge in [0.2, 0.25) is 0 Å². The summed E-state index contributed by atoms with van der Waals surface area (Å²) < 4.78 is 8.76. The van der Waals surface area contributed by atoms with Gasteiger partial charge in [-0.2, -0.15) is 0 Å². The summed E-state index contributed by atoms with van der Waals surface area (Å²) in [6.45, 7) is 8.56. The second-order valence-electron chi connectivity index (χ2n) is 12.0. The standard InChI is InChI=1S/C43H29N5O/c1-44-31-25-33(46-29-47(32-15-6-3-7-16-32)43-36(18-12-20-40(43)46)30-13-4-2-5-14-30)27-35(26-31)49-34-22-23-38-37-17-8-9-19-39(37)48(41(38)28-34)42-21-10-11-24-45-42/h2-28H,29H2. The van der Waals surface area contributed by atoms with Crippen LogP contribution in [0.4, 0.5) is 28.4 Å². The highest BCUT2D eigenvalue weighted by Gasteiger charge is 2.31. The number of pyridine rings is 1. The quantitative estimate of drug-likeness (QED) is 0.171. The molecule has 9 rings (SSSR count). The molecule has 0 aliphatic carbocycles. The fraction of sp³-hybridized carbons (Fsp3) is 0.0233. The molecular formula is C43H29N5O. The lowest BCUT2D eigenvalue weighted by molar-refractivity contribution is 0.483. The van der Waals surface area contributed by atoms with Crippen molar-refractivity contribution in [2.75, 3.05) is 16.5 Å². The maximum absolute atomic E-state index is 7.98. The van der Waals surface area contributed by atoms with E-state index in [1.165, 1.54) is 0 Å². The van der Waals surface area contributed by atoms with Gasteiger partial charge in [-0.1, -0.05) is 84.9 Å². The van der Waals surface area contributed by atoms with E-state index >= 15 is 0 Å². The van der Waals surface area contributed by atoms with Crippen LogP contribution < -0.4 is 14.5 Å². The molecule has 6 heteroatoms. The van der Waals surface area contributed by atoms with Crippen molar-refractivity contribution in [3.63, 3.8) is 0 Å². The van der Waals surface area contributed by atoms with Gasteiger partial charge in [0.25, 0.3) is 0 Å². The first-order valence-electron chi connectivity index (χ1n) is 16.2. The fourth-order valence-electron chi connectivity index (χ4n) is 6.94. The number of hydrogen-bond acceptors (Lipinski definition) is 4. The van der Waals surface area contributed by atoms with Crippen LogP contribution in [0.2, 0.25) is 0 Å². The second-order valence-corrected chi connectivity index (χ2v) is 12.0. The Balaban J connectivity index is 1.14. The van der Waals surface area contributed by atoms with Crippen LogP contribution in [0, 0.1) is 6.57 Å². The Morgan fingerprint density at radius 3 is 2.18 bits per heavy atom. The monoisotopic (exact) mass is 631 g/mol. The van der Waals surface area contributed by atoms with Crippen LogP contribution in [-0.2, 0) is 0 Å². The number of ether oxygens (including phenoxy) is 1. The summed E-state index contributed by atoms with van der Waals surface area (Å²) in [6, 6.07) is 53.6. The summed E-state index contributed by atoms with van der Waals surface area (Å²) in [5.41, 5.74) is 9.08. The molecule has 49 heavy (non-hydrogen) atoms. The van der Waals surface area contributed by atoms with Gasteiger partial charge in [-0.3, -0.25) is 4.57 Å². The molecule has 0 unspecified atom stereocenters. The third kappa shape index (κ3) is 4.93. The molecule has 232 valence electrons. The molecule has 8 aromatic rings. The molecule has 3 heterocycles. The zero-order valence-corrected chi connectivity index (χ0v) is 26.4. The van der Waals surface area contributed by atoms with Gasteiger partial charge >= 0.3 is 0 Å².